The summed E-state index contributed by atoms with van der Waals surface area (Å²) < 4.78 is 0. The average molecular weight is 219 g/mol. The highest BCUT2D eigenvalue weighted by Gasteiger charge is 2.07. The van der Waals surface area contributed by atoms with Crippen molar-refractivity contribution in [1.29, 1.82) is 0 Å². The molecule has 0 spiro atoms. The molecule has 3 N–H and O–H groups in total. The van der Waals surface area contributed by atoms with E-state index < -0.39 is 0 Å². The van der Waals surface area contributed by atoms with E-state index in [4.69, 9.17) is 0 Å². The number of rotatable bonds is 3. The van der Waals surface area contributed by atoms with Gasteiger partial charge in [-0.1, -0.05) is 11.3 Å². The zero-order valence-electron chi connectivity index (χ0n) is 8.21. The van der Waals surface area contributed by atoms with Crippen LogP contribution >= 0.6 is 0 Å². The van der Waals surface area contributed by atoms with Crippen LogP contribution in [0.4, 0.5) is 5.69 Å². The second-order valence-corrected chi connectivity index (χ2v) is 3.10. The first-order valence-corrected chi connectivity index (χ1v) is 4.55. The number of hydrogen-bond acceptors (Lipinski definition) is 5. The molecule has 7 nitrogen and oxygen atoms in total. The van der Waals surface area contributed by atoms with Crippen LogP contribution in [0.15, 0.2) is 24.3 Å². The first-order chi connectivity index (χ1) is 7.74. The third-order valence-corrected chi connectivity index (χ3v) is 1.84. The Kier molecular flexibility index (Phi) is 2.77. The number of H-pyrrole nitrogens is 1. The molecule has 0 saturated heterocycles. The molecular weight excluding hydrogens is 210 g/mol. The molecule has 1 aromatic heterocycles. The molecule has 7 heteroatoms. The second-order valence-electron chi connectivity index (χ2n) is 3.10. The highest BCUT2D eigenvalue weighted by molar-refractivity contribution is 5.91. The first kappa shape index (κ1) is 10.1. The van der Waals surface area contributed by atoms with E-state index in [0.717, 1.165) is 0 Å². The molecule has 1 heterocycles. The fourth-order valence-corrected chi connectivity index (χ4v) is 1.19. The summed E-state index contributed by atoms with van der Waals surface area (Å²) in [6.45, 7) is 0. The van der Waals surface area contributed by atoms with Gasteiger partial charge in [-0.15, -0.1) is 10.2 Å². The third-order valence-electron chi connectivity index (χ3n) is 1.84. The quantitative estimate of drug-likeness (QED) is 0.678. The number of aromatic nitrogens is 4. The molecular formula is C9H9N5O2. The Morgan fingerprint density at radius 2 is 2.38 bits per heavy atom. The van der Waals surface area contributed by atoms with Gasteiger partial charge in [0, 0.05) is 11.8 Å². The summed E-state index contributed by atoms with van der Waals surface area (Å²) in [7, 11) is 0. The predicted molar refractivity (Wildman–Crippen MR) is 54.6 cm³/mol. The van der Waals surface area contributed by atoms with Crippen molar-refractivity contribution < 1.29 is 9.90 Å². The molecule has 0 saturated carbocycles. The Hall–Kier alpha value is -2.44. The summed E-state index contributed by atoms with van der Waals surface area (Å²) in [4.78, 5) is 11.5. The summed E-state index contributed by atoms with van der Waals surface area (Å²) in [5.41, 5.74) is 0.522. The number of amides is 1. The van der Waals surface area contributed by atoms with Crippen molar-refractivity contribution >= 4 is 11.6 Å². The van der Waals surface area contributed by atoms with Gasteiger partial charge >= 0.3 is 0 Å². The monoisotopic (exact) mass is 219 g/mol. The Balaban J connectivity index is 1.97. The molecule has 0 aliphatic rings. The number of aromatic amines is 1. The van der Waals surface area contributed by atoms with Gasteiger partial charge in [-0.2, -0.15) is 5.21 Å². The number of tetrazole rings is 1. The lowest BCUT2D eigenvalue weighted by atomic mass is 10.3. The van der Waals surface area contributed by atoms with Crippen molar-refractivity contribution in [3.8, 4) is 5.75 Å². The molecule has 0 fully saturated rings. The topological polar surface area (TPSA) is 104 Å². The van der Waals surface area contributed by atoms with Gasteiger partial charge in [-0.25, -0.2) is 0 Å². The van der Waals surface area contributed by atoms with Gasteiger partial charge in [0.25, 0.3) is 0 Å². The summed E-state index contributed by atoms with van der Waals surface area (Å²) in [6.07, 6.45) is 0.0339. The Labute approximate surface area is 90.5 Å². The number of carbonyl (C=O) groups is 1. The third kappa shape index (κ3) is 2.53. The van der Waals surface area contributed by atoms with E-state index in [2.05, 4.69) is 25.9 Å². The van der Waals surface area contributed by atoms with Gasteiger partial charge in [-0.05, 0) is 12.1 Å². The minimum Gasteiger partial charge on any atom is -0.508 e. The maximum Gasteiger partial charge on any atom is 0.232 e. The lowest BCUT2D eigenvalue weighted by Crippen LogP contribution is -2.15. The molecule has 1 aromatic carbocycles. The highest BCUT2D eigenvalue weighted by Crippen LogP contribution is 2.15. The maximum atomic E-state index is 11.5. The number of phenolic OH excluding ortho intramolecular Hbond substituents is 1. The number of phenols is 1. The van der Waals surface area contributed by atoms with E-state index in [-0.39, 0.29) is 18.1 Å². The Bertz CT molecular complexity index is 482. The van der Waals surface area contributed by atoms with Crippen LogP contribution in [0.1, 0.15) is 5.82 Å². The number of anilines is 1. The van der Waals surface area contributed by atoms with E-state index in [0.29, 0.717) is 11.5 Å². The fraction of sp³-hybridized carbons (Fsp3) is 0.111. The standard InChI is InChI=1S/C9H9N5O2/c15-7-3-1-2-6(4-7)10-9(16)5-8-11-13-14-12-8/h1-4,15H,5H2,(H,10,16)(H,11,12,13,14). The van der Waals surface area contributed by atoms with Gasteiger partial charge in [0.1, 0.15) is 5.75 Å². The number of carbonyl (C=O) groups excluding carboxylic acids is 1. The van der Waals surface area contributed by atoms with Gasteiger partial charge in [0.15, 0.2) is 5.82 Å². The van der Waals surface area contributed by atoms with Crippen LogP contribution in [0.5, 0.6) is 5.75 Å². The van der Waals surface area contributed by atoms with Gasteiger partial charge in [0.05, 0.1) is 6.42 Å². The second kappa shape index (κ2) is 4.39. The highest BCUT2D eigenvalue weighted by atomic mass is 16.3. The number of nitrogens with zero attached hydrogens (tertiary/aromatic N) is 3. The van der Waals surface area contributed by atoms with Gasteiger partial charge in [0.2, 0.25) is 5.91 Å². The van der Waals surface area contributed by atoms with Gasteiger partial charge in [-0.3, -0.25) is 4.79 Å². The van der Waals surface area contributed by atoms with Crippen LogP contribution in [0.2, 0.25) is 0 Å². The zero-order chi connectivity index (χ0) is 11.4. The summed E-state index contributed by atoms with van der Waals surface area (Å²) >= 11 is 0. The van der Waals surface area contributed by atoms with Crippen molar-refractivity contribution in [1.82, 2.24) is 20.6 Å². The number of aromatic hydroxyl groups is 1. The first-order valence-electron chi connectivity index (χ1n) is 4.55. The van der Waals surface area contributed by atoms with Crippen LogP contribution in [0.3, 0.4) is 0 Å². The van der Waals surface area contributed by atoms with E-state index >= 15 is 0 Å². The van der Waals surface area contributed by atoms with Gasteiger partial charge < -0.3 is 10.4 Å². The van der Waals surface area contributed by atoms with E-state index in [1.807, 2.05) is 0 Å². The molecule has 2 aromatic rings. The van der Waals surface area contributed by atoms with E-state index in [1.54, 1.807) is 12.1 Å². The van der Waals surface area contributed by atoms with Crippen molar-refractivity contribution in [2.24, 2.45) is 0 Å². The molecule has 0 radical (unpaired) electrons. The normalized spacial score (nSPS) is 10.0. The van der Waals surface area contributed by atoms with E-state index in [9.17, 15) is 9.90 Å². The lowest BCUT2D eigenvalue weighted by molar-refractivity contribution is -0.115. The minimum absolute atomic E-state index is 0.0339. The van der Waals surface area contributed by atoms with Crippen molar-refractivity contribution in [2.45, 2.75) is 6.42 Å². The summed E-state index contributed by atoms with van der Waals surface area (Å²) in [5, 5.41) is 24.7. The minimum atomic E-state index is -0.271. The van der Waals surface area contributed by atoms with Crippen LogP contribution in [0, 0.1) is 0 Å². The molecule has 0 aliphatic heterocycles. The van der Waals surface area contributed by atoms with Crippen molar-refractivity contribution in [3.05, 3.63) is 30.1 Å². The molecule has 0 unspecified atom stereocenters. The van der Waals surface area contributed by atoms with Crippen LogP contribution in [-0.2, 0) is 11.2 Å². The Morgan fingerprint density at radius 3 is 3.06 bits per heavy atom. The largest absolute Gasteiger partial charge is 0.508 e. The summed E-state index contributed by atoms with van der Waals surface area (Å²) in [6, 6.07) is 6.29. The average Bonchev–Trinajstić information content (AvgIpc) is 2.70. The zero-order valence-corrected chi connectivity index (χ0v) is 8.21. The number of nitrogens with one attached hydrogen (secondary N) is 2. The molecule has 2 rings (SSSR count). The van der Waals surface area contributed by atoms with Crippen molar-refractivity contribution in [2.75, 3.05) is 5.32 Å². The predicted octanol–water partition coefficient (Wildman–Crippen LogP) is 0.0865. The molecule has 0 bridgehead atoms. The fourth-order valence-electron chi connectivity index (χ4n) is 1.19. The number of benzene rings is 1. The van der Waals surface area contributed by atoms with Crippen LogP contribution in [0.25, 0.3) is 0 Å². The van der Waals surface area contributed by atoms with E-state index in [1.165, 1.54) is 12.1 Å². The molecule has 0 aliphatic carbocycles. The Morgan fingerprint density at radius 1 is 1.50 bits per heavy atom. The SMILES string of the molecule is O=C(Cc1nn[nH]n1)Nc1cccc(O)c1. The number of hydrogen-bond donors (Lipinski definition) is 3. The van der Waals surface area contributed by atoms with Crippen LogP contribution in [-0.4, -0.2) is 31.6 Å². The maximum absolute atomic E-state index is 11.5. The molecule has 1 amide bonds. The molecule has 0 atom stereocenters. The molecule has 82 valence electrons. The van der Waals surface area contributed by atoms with Crippen LogP contribution < -0.4 is 5.32 Å². The van der Waals surface area contributed by atoms with Crippen molar-refractivity contribution in [3.63, 3.8) is 0 Å². The summed E-state index contributed by atoms with van der Waals surface area (Å²) in [5.74, 6) is 0.141. The smallest absolute Gasteiger partial charge is 0.232 e. The molecule has 16 heavy (non-hydrogen) atoms. The lowest BCUT2D eigenvalue weighted by Gasteiger charge is -2.03.